The molecule has 166 valence electrons. The molecule has 1 aromatic carbocycles. The Bertz CT molecular complexity index is 1150. The van der Waals surface area contributed by atoms with Crippen molar-refractivity contribution in [3.05, 3.63) is 70.2 Å². The highest BCUT2D eigenvalue weighted by Crippen LogP contribution is 2.46. The first-order valence-corrected chi connectivity index (χ1v) is 10.6. The molecule has 0 bridgehead atoms. The van der Waals surface area contributed by atoms with Crippen LogP contribution in [0.5, 0.6) is 11.5 Å². The van der Waals surface area contributed by atoms with Gasteiger partial charge in [-0.2, -0.15) is 0 Å². The summed E-state index contributed by atoms with van der Waals surface area (Å²) in [6, 6.07) is 9.11. The Labute approximate surface area is 187 Å². The maximum Gasteiger partial charge on any atom is 0.255 e. The molecule has 0 saturated carbocycles. The summed E-state index contributed by atoms with van der Waals surface area (Å²) in [6.07, 6.45) is 3.65. The molecule has 1 aliphatic heterocycles. The zero-order valence-electron chi connectivity index (χ0n) is 18.7. The van der Waals surface area contributed by atoms with Crippen molar-refractivity contribution >= 4 is 17.5 Å². The van der Waals surface area contributed by atoms with Gasteiger partial charge in [0.2, 0.25) is 0 Å². The fourth-order valence-electron chi connectivity index (χ4n) is 4.45. The molecule has 1 amide bonds. The summed E-state index contributed by atoms with van der Waals surface area (Å²) >= 11 is 0. The highest BCUT2D eigenvalue weighted by molar-refractivity contribution is 6.09. The molecule has 7 heteroatoms. The van der Waals surface area contributed by atoms with Crippen molar-refractivity contribution in [2.24, 2.45) is 0 Å². The van der Waals surface area contributed by atoms with Gasteiger partial charge in [0.15, 0.2) is 5.78 Å². The number of hydrogen-bond acceptors (Lipinski definition) is 6. The topological polar surface area (TPSA) is 89.6 Å². The number of pyridine rings is 1. The van der Waals surface area contributed by atoms with E-state index < -0.39 is 5.92 Å². The highest BCUT2D eigenvalue weighted by atomic mass is 16.5. The molecule has 0 radical (unpaired) electrons. The van der Waals surface area contributed by atoms with E-state index in [1.165, 1.54) is 0 Å². The van der Waals surface area contributed by atoms with Crippen LogP contribution in [-0.4, -0.2) is 30.9 Å². The quantitative estimate of drug-likeness (QED) is 0.741. The number of hydrogen-bond donors (Lipinski definition) is 2. The molecule has 0 spiro atoms. The number of carbonyl (C=O) groups excluding carboxylic acids is 2. The second-order valence-corrected chi connectivity index (χ2v) is 8.05. The van der Waals surface area contributed by atoms with E-state index in [0.717, 1.165) is 29.7 Å². The van der Waals surface area contributed by atoms with Gasteiger partial charge in [0.25, 0.3) is 5.91 Å². The van der Waals surface area contributed by atoms with E-state index in [1.807, 2.05) is 32.0 Å². The molecule has 1 atom stereocenters. The number of amides is 1. The van der Waals surface area contributed by atoms with Crippen molar-refractivity contribution < 1.29 is 19.1 Å². The molecule has 1 aromatic heterocycles. The molecule has 2 aromatic rings. The number of carbonyl (C=O) groups is 2. The largest absolute Gasteiger partial charge is 0.497 e. The van der Waals surface area contributed by atoms with Crippen molar-refractivity contribution in [2.75, 3.05) is 19.5 Å². The Balaban J connectivity index is 1.86. The van der Waals surface area contributed by atoms with Crippen LogP contribution in [0.25, 0.3) is 0 Å². The van der Waals surface area contributed by atoms with E-state index in [0.29, 0.717) is 40.6 Å². The molecule has 2 heterocycles. The molecule has 0 fully saturated rings. The summed E-state index contributed by atoms with van der Waals surface area (Å²) in [7, 11) is 3.17. The monoisotopic (exact) mass is 433 g/mol. The van der Waals surface area contributed by atoms with Gasteiger partial charge in [-0.25, -0.2) is 4.98 Å². The normalized spacial score (nSPS) is 18.1. The Morgan fingerprint density at radius 3 is 2.66 bits per heavy atom. The summed E-state index contributed by atoms with van der Waals surface area (Å²) in [5.41, 5.74) is 4.38. The molecular weight excluding hydrogens is 406 g/mol. The van der Waals surface area contributed by atoms with Gasteiger partial charge in [-0.15, -0.1) is 0 Å². The Morgan fingerprint density at radius 2 is 1.94 bits per heavy atom. The van der Waals surface area contributed by atoms with E-state index in [2.05, 4.69) is 15.6 Å². The van der Waals surface area contributed by atoms with Gasteiger partial charge in [0.1, 0.15) is 17.3 Å². The second-order valence-electron chi connectivity index (χ2n) is 8.05. The summed E-state index contributed by atoms with van der Waals surface area (Å²) in [5, 5.41) is 6.23. The third-order valence-electron chi connectivity index (χ3n) is 5.93. The first-order chi connectivity index (χ1) is 15.4. The predicted molar refractivity (Wildman–Crippen MR) is 122 cm³/mol. The minimum Gasteiger partial charge on any atom is -0.497 e. The Hall–Kier alpha value is -3.61. The van der Waals surface area contributed by atoms with Crippen molar-refractivity contribution in [3.63, 3.8) is 0 Å². The Morgan fingerprint density at radius 1 is 1.12 bits per heavy atom. The number of aryl methyl sites for hydroxylation is 1. The summed E-state index contributed by atoms with van der Waals surface area (Å²) < 4.78 is 11.1. The van der Waals surface area contributed by atoms with Gasteiger partial charge in [-0.1, -0.05) is 0 Å². The number of methoxy groups -OCH3 is 2. The number of allylic oxidation sites excluding steroid dienone is 3. The van der Waals surface area contributed by atoms with Gasteiger partial charge in [-0.3, -0.25) is 9.59 Å². The van der Waals surface area contributed by atoms with Gasteiger partial charge in [0, 0.05) is 40.7 Å². The van der Waals surface area contributed by atoms with Crippen molar-refractivity contribution in [1.82, 2.24) is 10.3 Å². The van der Waals surface area contributed by atoms with E-state index in [1.54, 1.807) is 32.5 Å². The first-order valence-electron chi connectivity index (χ1n) is 10.6. The van der Waals surface area contributed by atoms with Crippen LogP contribution < -0.4 is 20.1 Å². The number of benzene rings is 1. The third kappa shape index (κ3) is 3.98. The van der Waals surface area contributed by atoms with Crippen LogP contribution in [0.3, 0.4) is 0 Å². The van der Waals surface area contributed by atoms with Crippen molar-refractivity contribution in [3.8, 4) is 11.5 Å². The van der Waals surface area contributed by atoms with Crippen molar-refractivity contribution in [2.45, 2.75) is 39.0 Å². The average molecular weight is 434 g/mol. The summed E-state index contributed by atoms with van der Waals surface area (Å²) in [5.74, 6) is 0.834. The molecule has 32 heavy (non-hydrogen) atoms. The molecule has 1 aliphatic carbocycles. The van der Waals surface area contributed by atoms with Crippen LogP contribution >= 0.6 is 0 Å². The van der Waals surface area contributed by atoms with E-state index >= 15 is 0 Å². The highest BCUT2D eigenvalue weighted by Gasteiger charge is 2.40. The number of aromatic nitrogens is 1. The van der Waals surface area contributed by atoms with Crippen LogP contribution in [0.4, 0.5) is 5.82 Å². The zero-order chi connectivity index (χ0) is 22.8. The molecule has 7 nitrogen and oxygen atoms in total. The lowest BCUT2D eigenvalue weighted by molar-refractivity contribution is -0.116. The first kappa shape index (κ1) is 21.6. The molecule has 0 unspecified atom stereocenters. The molecule has 4 rings (SSSR count). The van der Waals surface area contributed by atoms with Crippen LogP contribution in [0.15, 0.2) is 59.1 Å². The number of ether oxygens (including phenoxy) is 2. The van der Waals surface area contributed by atoms with Crippen LogP contribution in [0.1, 0.15) is 43.2 Å². The van der Waals surface area contributed by atoms with Gasteiger partial charge < -0.3 is 20.1 Å². The zero-order valence-corrected chi connectivity index (χ0v) is 18.7. The molecule has 2 aliphatic rings. The lowest BCUT2D eigenvalue weighted by atomic mass is 9.74. The van der Waals surface area contributed by atoms with Crippen LogP contribution in [0.2, 0.25) is 0 Å². The van der Waals surface area contributed by atoms with E-state index in [9.17, 15) is 9.59 Å². The minimum absolute atomic E-state index is 0.0418. The smallest absolute Gasteiger partial charge is 0.255 e. The van der Waals surface area contributed by atoms with Gasteiger partial charge >= 0.3 is 0 Å². The standard InChI is InChI=1S/C25H27N3O4/c1-14-10-11-26-21(12-14)28-25(30)22-15(2)27-18-6-5-7-19(29)24(18)23(22)17-13-16(31-3)8-9-20(17)32-4/h8-13,23,27H,5-7H2,1-4H3,(H,26,28,30)/t23-/m1/s1. The Kier molecular flexibility index (Phi) is 5.99. The maximum atomic E-state index is 13.6. The predicted octanol–water partition coefficient (Wildman–Crippen LogP) is 4.01. The number of rotatable bonds is 5. The SMILES string of the molecule is COc1ccc(OC)c([C@@H]2C(C(=O)Nc3cc(C)ccn3)=C(C)NC3=C2C(=O)CCC3)c1. The number of dihydropyridines is 1. The average Bonchev–Trinajstić information content (AvgIpc) is 2.77. The van der Waals surface area contributed by atoms with Crippen molar-refractivity contribution in [1.29, 1.82) is 0 Å². The van der Waals surface area contributed by atoms with Crippen LogP contribution in [0, 0.1) is 6.92 Å². The minimum atomic E-state index is -0.575. The van der Waals surface area contributed by atoms with E-state index in [4.69, 9.17) is 9.47 Å². The lowest BCUT2D eigenvalue weighted by Crippen LogP contribution is -2.35. The van der Waals surface area contributed by atoms with Gasteiger partial charge in [-0.05, 0) is 62.6 Å². The van der Waals surface area contributed by atoms with Crippen LogP contribution in [-0.2, 0) is 9.59 Å². The molecular formula is C25H27N3O4. The fourth-order valence-corrected chi connectivity index (χ4v) is 4.45. The van der Waals surface area contributed by atoms with E-state index in [-0.39, 0.29) is 11.7 Å². The number of anilines is 1. The van der Waals surface area contributed by atoms with Gasteiger partial charge in [0.05, 0.1) is 20.1 Å². The fraction of sp³-hybridized carbons (Fsp3) is 0.320. The number of ketones is 1. The maximum absolute atomic E-state index is 13.6. The lowest BCUT2D eigenvalue weighted by Gasteiger charge is -2.35. The second kappa shape index (κ2) is 8.86. The number of nitrogens with zero attached hydrogens (tertiary/aromatic N) is 1. The summed E-state index contributed by atoms with van der Waals surface area (Å²) in [6.45, 7) is 3.80. The molecule has 0 saturated heterocycles. The number of Topliss-reactive ketones (excluding diaryl/α,β-unsaturated/α-hetero) is 1. The third-order valence-corrected chi connectivity index (χ3v) is 5.93. The molecule has 2 N–H and O–H groups in total. The number of nitrogens with one attached hydrogen (secondary N) is 2. The summed E-state index contributed by atoms with van der Waals surface area (Å²) in [4.78, 5) is 30.9.